The van der Waals surface area contributed by atoms with Gasteiger partial charge in [-0.1, -0.05) is 35.9 Å². The molecule has 0 aliphatic heterocycles. The van der Waals surface area contributed by atoms with Gasteiger partial charge in [-0.25, -0.2) is 4.39 Å². The molecule has 1 aromatic heterocycles. The zero-order valence-corrected chi connectivity index (χ0v) is 17.9. The van der Waals surface area contributed by atoms with Crippen LogP contribution in [0.3, 0.4) is 0 Å². The summed E-state index contributed by atoms with van der Waals surface area (Å²) in [4.78, 5) is 16.3. The Labute approximate surface area is 179 Å². The molecule has 5 nitrogen and oxygen atoms in total. The second kappa shape index (κ2) is 10.3. The Balaban J connectivity index is 2.54. The van der Waals surface area contributed by atoms with Gasteiger partial charge in [-0.3, -0.25) is 4.79 Å². The monoisotopic (exact) mass is 437 g/mol. The Morgan fingerprint density at radius 2 is 2.10 bits per heavy atom. The Kier molecular flexibility index (Phi) is 8.05. The van der Waals surface area contributed by atoms with E-state index >= 15 is 0 Å². The zero-order valence-electron chi connectivity index (χ0n) is 16.4. The summed E-state index contributed by atoms with van der Waals surface area (Å²) in [6, 6.07) is 3.69. The van der Waals surface area contributed by atoms with Crippen LogP contribution in [0.2, 0.25) is 5.02 Å². The van der Waals surface area contributed by atoms with Crippen molar-refractivity contribution < 1.29 is 9.13 Å². The minimum Gasteiger partial charge on any atom is -0.490 e. The molecule has 0 atom stereocenters. The number of halogens is 3. The zero-order chi connectivity index (χ0) is 21.6. The maximum Gasteiger partial charge on any atom is 0.316 e. The van der Waals surface area contributed by atoms with Crippen LogP contribution in [0.5, 0.6) is 5.75 Å². The highest BCUT2D eigenvalue weighted by Crippen LogP contribution is 2.27. The number of methoxy groups -OCH3 is 1. The number of anilines is 2. The maximum atomic E-state index is 13.0. The fourth-order valence-electron chi connectivity index (χ4n) is 2.57. The lowest BCUT2D eigenvalue weighted by atomic mass is 10.1. The third-order valence-corrected chi connectivity index (χ3v) is 4.82. The van der Waals surface area contributed by atoms with E-state index in [2.05, 4.69) is 16.9 Å². The van der Waals surface area contributed by atoms with Crippen molar-refractivity contribution in [2.45, 2.75) is 20.4 Å². The molecule has 0 fully saturated rings. The van der Waals surface area contributed by atoms with Crippen LogP contribution >= 0.6 is 23.2 Å². The molecule has 154 valence electrons. The molecule has 0 saturated carbocycles. The van der Waals surface area contributed by atoms with Crippen LogP contribution in [-0.2, 0) is 6.54 Å². The van der Waals surface area contributed by atoms with Gasteiger partial charge in [-0.2, -0.15) is 4.98 Å². The fourth-order valence-corrected chi connectivity index (χ4v) is 2.93. The molecular formula is C21H22Cl2FN3O2. The SMILES string of the molecule is C=C/C(Cl)=C\C(=C/CF)Cn1cc(OC)c(=O)nc1Nc1cc(C)c(Cl)cc1C. The molecule has 1 heterocycles. The van der Waals surface area contributed by atoms with Crippen molar-refractivity contribution in [2.24, 2.45) is 0 Å². The molecule has 1 aromatic carbocycles. The highest BCUT2D eigenvalue weighted by atomic mass is 35.5. The van der Waals surface area contributed by atoms with Crippen molar-refractivity contribution in [3.05, 3.63) is 80.2 Å². The molecule has 0 saturated heterocycles. The summed E-state index contributed by atoms with van der Waals surface area (Å²) in [6.07, 6.45) is 5.95. The number of hydrogen-bond acceptors (Lipinski definition) is 4. The maximum absolute atomic E-state index is 13.0. The summed E-state index contributed by atoms with van der Waals surface area (Å²) >= 11 is 12.2. The van der Waals surface area contributed by atoms with Crippen LogP contribution in [0.15, 0.2) is 58.5 Å². The molecule has 0 spiro atoms. The topological polar surface area (TPSA) is 56.2 Å². The van der Waals surface area contributed by atoms with Crippen molar-refractivity contribution in [1.82, 2.24) is 9.55 Å². The average Bonchev–Trinajstić information content (AvgIpc) is 2.67. The molecule has 1 N–H and O–H groups in total. The first kappa shape index (κ1) is 22.7. The Bertz CT molecular complexity index is 1030. The Morgan fingerprint density at radius 1 is 1.38 bits per heavy atom. The number of benzene rings is 1. The predicted molar refractivity (Wildman–Crippen MR) is 117 cm³/mol. The van der Waals surface area contributed by atoms with E-state index in [0.29, 0.717) is 15.6 Å². The molecule has 8 heteroatoms. The van der Waals surface area contributed by atoms with Crippen molar-refractivity contribution in [3.63, 3.8) is 0 Å². The van der Waals surface area contributed by atoms with Gasteiger partial charge in [0.15, 0.2) is 0 Å². The summed E-state index contributed by atoms with van der Waals surface area (Å²) in [5.74, 6) is 0.339. The Morgan fingerprint density at radius 3 is 2.72 bits per heavy atom. The van der Waals surface area contributed by atoms with Crippen molar-refractivity contribution in [1.29, 1.82) is 0 Å². The van der Waals surface area contributed by atoms with Gasteiger partial charge in [-0.05, 0) is 54.8 Å². The summed E-state index contributed by atoms with van der Waals surface area (Å²) in [5.41, 5.74) is 2.56. The van der Waals surface area contributed by atoms with E-state index in [4.69, 9.17) is 27.9 Å². The molecular weight excluding hydrogens is 416 g/mol. The van der Waals surface area contributed by atoms with Gasteiger partial charge in [-0.15, -0.1) is 0 Å². The van der Waals surface area contributed by atoms with Crippen molar-refractivity contribution in [2.75, 3.05) is 19.1 Å². The molecule has 2 aromatic rings. The van der Waals surface area contributed by atoms with Gasteiger partial charge in [0.05, 0.1) is 19.9 Å². The van der Waals surface area contributed by atoms with E-state index in [1.54, 1.807) is 10.6 Å². The lowest BCUT2D eigenvalue weighted by Crippen LogP contribution is -2.19. The highest BCUT2D eigenvalue weighted by Gasteiger charge is 2.12. The van der Waals surface area contributed by atoms with E-state index < -0.39 is 12.2 Å². The van der Waals surface area contributed by atoms with Crippen LogP contribution in [0.25, 0.3) is 0 Å². The van der Waals surface area contributed by atoms with Crippen LogP contribution in [-0.4, -0.2) is 23.3 Å². The van der Waals surface area contributed by atoms with Crippen LogP contribution in [0.1, 0.15) is 11.1 Å². The quantitative estimate of drug-likeness (QED) is 0.556. The van der Waals surface area contributed by atoms with E-state index in [0.717, 1.165) is 16.8 Å². The number of rotatable bonds is 8. The predicted octanol–water partition coefficient (Wildman–Crippen LogP) is 5.47. The molecule has 0 aliphatic rings. The van der Waals surface area contributed by atoms with Gasteiger partial charge in [0.2, 0.25) is 11.7 Å². The van der Waals surface area contributed by atoms with Gasteiger partial charge in [0, 0.05) is 15.7 Å². The lowest BCUT2D eigenvalue weighted by Gasteiger charge is -2.17. The fraction of sp³-hybridized carbons (Fsp3) is 0.238. The summed E-state index contributed by atoms with van der Waals surface area (Å²) in [7, 11) is 1.38. The third kappa shape index (κ3) is 5.95. The smallest absolute Gasteiger partial charge is 0.316 e. The average molecular weight is 438 g/mol. The van der Waals surface area contributed by atoms with Crippen molar-refractivity contribution >= 4 is 34.8 Å². The van der Waals surface area contributed by atoms with E-state index in [1.165, 1.54) is 25.5 Å². The molecule has 29 heavy (non-hydrogen) atoms. The number of aryl methyl sites for hydroxylation is 2. The summed E-state index contributed by atoms with van der Waals surface area (Å²) in [5, 5.41) is 4.17. The second-order valence-corrected chi connectivity index (χ2v) is 7.12. The summed E-state index contributed by atoms with van der Waals surface area (Å²) < 4.78 is 19.7. The first-order valence-corrected chi connectivity index (χ1v) is 9.48. The normalized spacial score (nSPS) is 12.1. The molecule has 0 unspecified atom stereocenters. The number of nitrogens with one attached hydrogen (secondary N) is 1. The molecule has 0 bridgehead atoms. The highest BCUT2D eigenvalue weighted by molar-refractivity contribution is 6.31. The van der Waals surface area contributed by atoms with Crippen LogP contribution < -0.4 is 15.6 Å². The van der Waals surface area contributed by atoms with Crippen LogP contribution in [0, 0.1) is 13.8 Å². The van der Waals surface area contributed by atoms with Gasteiger partial charge in [0.1, 0.15) is 6.67 Å². The van der Waals surface area contributed by atoms with E-state index in [9.17, 15) is 9.18 Å². The minimum atomic E-state index is -0.670. The number of allylic oxidation sites excluding steroid dienone is 5. The van der Waals surface area contributed by atoms with Crippen LogP contribution in [0.4, 0.5) is 16.0 Å². The van der Waals surface area contributed by atoms with Gasteiger partial charge >= 0.3 is 5.56 Å². The molecule has 0 aliphatic carbocycles. The first-order chi connectivity index (χ1) is 13.8. The molecule has 0 radical (unpaired) electrons. The van der Waals surface area contributed by atoms with E-state index in [1.807, 2.05) is 26.0 Å². The number of alkyl halides is 1. The van der Waals surface area contributed by atoms with E-state index in [-0.39, 0.29) is 18.2 Å². The van der Waals surface area contributed by atoms with Crippen molar-refractivity contribution in [3.8, 4) is 5.75 Å². The number of aromatic nitrogens is 2. The standard InChI is InChI=1S/C21H22Cl2FN3O2/c1-5-16(22)10-15(6-7-24)11-27-12-19(29-4)20(28)26-21(27)25-18-9-13(2)17(23)8-14(18)3/h5-6,8-10,12H,1,7,11H2,2-4H3,(H,25,26,28)/b15-6+,16-10+. The summed E-state index contributed by atoms with van der Waals surface area (Å²) in [6.45, 7) is 6.89. The van der Waals surface area contributed by atoms with Gasteiger partial charge < -0.3 is 14.6 Å². The molecule has 2 rings (SSSR count). The van der Waals surface area contributed by atoms with Gasteiger partial charge in [0.25, 0.3) is 0 Å². The molecule has 0 amide bonds. The minimum absolute atomic E-state index is 0.0676. The third-order valence-electron chi connectivity index (χ3n) is 4.15. The second-order valence-electron chi connectivity index (χ2n) is 6.27. The largest absolute Gasteiger partial charge is 0.490 e. The lowest BCUT2D eigenvalue weighted by molar-refractivity contribution is 0.402. The first-order valence-electron chi connectivity index (χ1n) is 8.73. The number of nitrogens with zero attached hydrogens (tertiary/aromatic N) is 2. The number of ether oxygens (including phenoxy) is 1. The number of hydrogen-bond donors (Lipinski definition) is 1. The Hall–Kier alpha value is -2.57.